The van der Waals surface area contributed by atoms with Gasteiger partial charge in [0.25, 0.3) is 5.91 Å². The molecule has 3 N–H and O–H groups in total. The van der Waals surface area contributed by atoms with E-state index in [0.29, 0.717) is 36.6 Å². The third-order valence-electron chi connectivity index (χ3n) is 6.33. The number of piperidine rings is 1. The minimum Gasteiger partial charge on any atom is -0.382 e. The number of imidazole rings is 1. The standard InChI is InChI=1S/C27H32FN5O3.2C2H6/c1-4-6-7-19(5-2)22-17-32(3)26(31-22)24(34)25(35)27(36)30-16-18-10-12-33(13-11-18)23-9-8-21(28)14-20(23)15-29;2*1-2/h4-9,14,17-18,24-25,34-35H,2,10-13,16H2,1,3H3,(H,30,36);2*1-2H3/b6-4-,19-7+;;/t24-,25-;;/m1../s1. The van der Waals surface area contributed by atoms with E-state index < -0.39 is 23.9 Å². The first-order valence-electron chi connectivity index (χ1n) is 13.9. The predicted octanol–water partition coefficient (Wildman–Crippen LogP) is 5.06. The number of aliphatic hydroxyl groups excluding tert-OH is 2. The van der Waals surface area contributed by atoms with Crippen LogP contribution in [0.3, 0.4) is 0 Å². The van der Waals surface area contributed by atoms with E-state index in [9.17, 15) is 24.7 Å². The molecule has 0 saturated carbocycles. The fourth-order valence-corrected chi connectivity index (χ4v) is 4.24. The van der Waals surface area contributed by atoms with Gasteiger partial charge in [0.05, 0.1) is 16.9 Å². The van der Waals surface area contributed by atoms with Crippen LogP contribution >= 0.6 is 0 Å². The quantitative estimate of drug-likeness (QED) is 0.374. The minimum absolute atomic E-state index is 0.168. The van der Waals surface area contributed by atoms with Crippen LogP contribution in [0.25, 0.3) is 5.57 Å². The third-order valence-corrected chi connectivity index (χ3v) is 6.33. The summed E-state index contributed by atoms with van der Waals surface area (Å²) in [5.74, 6) is -0.774. The maximum Gasteiger partial charge on any atom is 0.252 e. The van der Waals surface area contributed by atoms with Gasteiger partial charge in [-0.15, -0.1) is 0 Å². The highest BCUT2D eigenvalue weighted by atomic mass is 19.1. The molecule has 0 aliphatic carbocycles. The molecular formula is C31H44FN5O3. The fraction of sp³-hybridized carbons (Fsp3) is 0.452. The largest absolute Gasteiger partial charge is 0.382 e. The lowest BCUT2D eigenvalue weighted by Gasteiger charge is -2.34. The van der Waals surface area contributed by atoms with Gasteiger partial charge >= 0.3 is 0 Å². The summed E-state index contributed by atoms with van der Waals surface area (Å²) < 4.78 is 15.0. The Hall–Kier alpha value is -3.74. The lowest BCUT2D eigenvalue weighted by Crippen LogP contribution is -2.43. The summed E-state index contributed by atoms with van der Waals surface area (Å²) >= 11 is 0. The van der Waals surface area contributed by atoms with Gasteiger partial charge in [-0.05, 0) is 43.9 Å². The second-order valence-corrected chi connectivity index (χ2v) is 8.79. The summed E-state index contributed by atoms with van der Waals surface area (Å²) in [5.41, 5.74) is 2.32. The van der Waals surface area contributed by atoms with Crippen molar-refractivity contribution in [3.63, 3.8) is 0 Å². The summed E-state index contributed by atoms with van der Waals surface area (Å²) in [4.78, 5) is 19.0. The number of benzene rings is 1. The average molecular weight is 554 g/mol. The zero-order valence-corrected chi connectivity index (χ0v) is 24.6. The first-order valence-corrected chi connectivity index (χ1v) is 13.9. The van der Waals surface area contributed by atoms with Gasteiger partial charge in [-0.2, -0.15) is 5.26 Å². The van der Waals surface area contributed by atoms with E-state index in [1.165, 1.54) is 12.1 Å². The molecule has 1 fully saturated rings. The number of rotatable bonds is 9. The highest BCUT2D eigenvalue weighted by Crippen LogP contribution is 2.27. The van der Waals surface area contributed by atoms with E-state index in [4.69, 9.17) is 0 Å². The van der Waals surface area contributed by atoms with Gasteiger partial charge in [0.15, 0.2) is 6.10 Å². The number of hydrogen-bond donors (Lipinski definition) is 3. The molecule has 2 atom stereocenters. The van der Waals surface area contributed by atoms with Crippen molar-refractivity contribution in [3.8, 4) is 6.07 Å². The third kappa shape index (κ3) is 9.18. The first kappa shape index (κ1) is 34.3. The van der Waals surface area contributed by atoms with Crippen LogP contribution in [0.4, 0.5) is 10.1 Å². The molecule has 1 aliphatic rings. The van der Waals surface area contributed by atoms with Crippen LogP contribution < -0.4 is 10.2 Å². The normalized spacial score (nSPS) is 15.2. The number of nitrogens with zero attached hydrogens (tertiary/aromatic N) is 4. The number of amides is 1. The number of aryl methyl sites for hydroxylation is 1. The number of hydrogen-bond acceptors (Lipinski definition) is 6. The van der Waals surface area contributed by atoms with Gasteiger partial charge in [-0.1, -0.05) is 58.6 Å². The Morgan fingerprint density at radius 1 is 1.27 bits per heavy atom. The van der Waals surface area contributed by atoms with Gasteiger partial charge in [0, 0.05) is 38.5 Å². The molecule has 2 heterocycles. The Balaban J connectivity index is 0.00000191. The molecule has 40 heavy (non-hydrogen) atoms. The van der Waals surface area contributed by atoms with Crippen LogP contribution in [0.1, 0.15) is 70.6 Å². The number of aliphatic hydroxyl groups is 2. The van der Waals surface area contributed by atoms with Crippen molar-refractivity contribution in [3.05, 3.63) is 78.2 Å². The second kappa shape index (κ2) is 17.8. The van der Waals surface area contributed by atoms with Crippen LogP contribution in [-0.2, 0) is 11.8 Å². The summed E-state index contributed by atoms with van der Waals surface area (Å²) in [5, 5.41) is 33.1. The number of allylic oxidation sites excluding steroid dienone is 5. The molecular weight excluding hydrogens is 509 g/mol. The minimum atomic E-state index is -1.68. The number of nitrogens with one attached hydrogen (secondary N) is 1. The molecule has 0 radical (unpaired) electrons. The number of carbonyl (C=O) groups is 1. The van der Waals surface area contributed by atoms with Gasteiger partial charge in [-0.25, -0.2) is 9.37 Å². The fourth-order valence-electron chi connectivity index (χ4n) is 4.24. The molecule has 2 aromatic rings. The van der Waals surface area contributed by atoms with Crippen LogP contribution in [0.5, 0.6) is 0 Å². The van der Waals surface area contributed by atoms with E-state index in [-0.39, 0.29) is 11.7 Å². The van der Waals surface area contributed by atoms with E-state index >= 15 is 0 Å². The number of anilines is 1. The lowest BCUT2D eigenvalue weighted by atomic mass is 9.95. The number of nitriles is 1. The summed E-state index contributed by atoms with van der Waals surface area (Å²) in [7, 11) is 1.68. The summed E-state index contributed by atoms with van der Waals surface area (Å²) in [6, 6.07) is 6.23. The Labute approximate surface area is 238 Å². The van der Waals surface area contributed by atoms with Crippen molar-refractivity contribution in [2.75, 3.05) is 24.5 Å². The zero-order valence-electron chi connectivity index (χ0n) is 24.6. The van der Waals surface area contributed by atoms with Crippen LogP contribution in [-0.4, -0.2) is 51.4 Å². The average Bonchev–Trinajstić information content (AvgIpc) is 3.38. The molecule has 0 unspecified atom stereocenters. The predicted molar refractivity (Wildman–Crippen MR) is 159 cm³/mol. The maximum atomic E-state index is 13.4. The van der Waals surface area contributed by atoms with E-state index in [0.717, 1.165) is 18.4 Å². The van der Waals surface area contributed by atoms with Crippen LogP contribution in [0.15, 0.2) is 55.3 Å². The Morgan fingerprint density at radius 2 is 1.93 bits per heavy atom. The van der Waals surface area contributed by atoms with Gasteiger partial charge in [-0.3, -0.25) is 4.79 Å². The molecule has 1 amide bonds. The van der Waals surface area contributed by atoms with E-state index in [2.05, 4.69) is 16.9 Å². The summed E-state index contributed by atoms with van der Waals surface area (Å²) in [6.45, 7) is 15.3. The lowest BCUT2D eigenvalue weighted by molar-refractivity contribution is -0.136. The Morgan fingerprint density at radius 3 is 2.50 bits per heavy atom. The maximum absolute atomic E-state index is 13.4. The molecule has 1 aliphatic heterocycles. The first-order chi connectivity index (χ1) is 19.3. The smallest absolute Gasteiger partial charge is 0.252 e. The van der Waals surface area contributed by atoms with Crippen molar-refractivity contribution in [1.29, 1.82) is 5.26 Å². The van der Waals surface area contributed by atoms with Crippen LogP contribution in [0.2, 0.25) is 0 Å². The highest BCUT2D eigenvalue weighted by Gasteiger charge is 2.30. The molecule has 0 spiro atoms. The second-order valence-electron chi connectivity index (χ2n) is 8.79. The SMILES string of the molecule is C=C/C(=C\C=C/C)c1cn(C)c([C@H](O)[C@@H](O)C(=O)NCC2CCN(c3ccc(F)cc3C#N)CC2)n1.CC.CC. The van der Waals surface area contributed by atoms with Crippen molar-refractivity contribution < 1.29 is 19.4 Å². The van der Waals surface area contributed by atoms with Crippen LogP contribution in [0, 0.1) is 23.1 Å². The van der Waals surface area contributed by atoms with Gasteiger partial charge in [0.1, 0.15) is 23.8 Å². The molecule has 3 rings (SSSR count). The number of carbonyl (C=O) groups excluding carboxylic acids is 1. The van der Waals surface area contributed by atoms with E-state index in [1.807, 2.05) is 63.8 Å². The highest BCUT2D eigenvalue weighted by molar-refractivity contribution is 5.81. The summed E-state index contributed by atoms with van der Waals surface area (Å²) in [6.07, 6.45) is 7.22. The molecule has 1 saturated heterocycles. The monoisotopic (exact) mass is 553 g/mol. The zero-order chi connectivity index (χ0) is 30.2. The van der Waals surface area contributed by atoms with Gasteiger partial charge < -0.3 is 25.0 Å². The molecule has 218 valence electrons. The number of aromatic nitrogens is 2. The number of halogens is 1. The van der Waals surface area contributed by atoms with Crippen molar-refractivity contribution in [2.24, 2.45) is 13.0 Å². The van der Waals surface area contributed by atoms with Crippen molar-refractivity contribution >= 4 is 17.2 Å². The molecule has 1 aromatic carbocycles. The molecule has 0 bridgehead atoms. The molecule has 8 nitrogen and oxygen atoms in total. The molecule has 9 heteroatoms. The Bertz CT molecular complexity index is 1190. The van der Waals surface area contributed by atoms with Crippen molar-refractivity contribution in [1.82, 2.24) is 14.9 Å². The Kier molecular flexibility index (Phi) is 15.2. The van der Waals surface area contributed by atoms with E-state index in [1.54, 1.807) is 30.0 Å². The van der Waals surface area contributed by atoms with Gasteiger partial charge in [0.2, 0.25) is 0 Å². The molecule has 1 aromatic heterocycles. The topological polar surface area (TPSA) is 114 Å². The van der Waals surface area contributed by atoms with Crippen molar-refractivity contribution in [2.45, 2.75) is 59.7 Å².